The SMILES string of the molecule is CN=C1SC(=Cc2ccco2)C(=O)N1C. The van der Waals surface area contributed by atoms with Crippen molar-refractivity contribution >= 4 is 28.9 Å². The number of aliphatic imine (C=N–C) groups is 1. The van der Waals surface area contributed by atoms with Gasteiger partial charge in [0.2, 0.25) is 0 Å². The molecule has 1 aromatic rings. The van der Waals surface area contributed by atoms with Crippen molar-refractivity contribution in [1.82, 2.24) is 4.90 Å². The van der Waals surface area contributed by atoms with Crippen molar-refractivity contribution in [3.63, 3.8) is 0 Å². The van der Waals surface area contributed by atoms with E-state index in [1.165, 1.54) is 16.7 Å². The van der Waals surface area contributed by atoms with E-state index in [9.17, 15) is 4.79 Å². The number of hydrogen-bond donors (Lipinski definition) is 0. The summed E-state index contributed by atoms with van der Waals surface area (Å²) in [5.74, 6) is 0.633. The topological polar surface area (TPSA) is 45.8 Å². The van der Waals surface area contributed by atoms with Gasteiger partial charge in [-0.3, -0.25) is 14.7 Å². The molecule has 0 radical (unpaired) electrons. The average Bonchev–Trinajstić information content (AvgIpc) is 2.82. The van der Waals surface area contributed by atoms with Gasteiger partial charge in [-0.15, -0.1) is 0 Å². The minimum Gasteiger partial charge on any atom is -0.465 e. The van der Waals surface area contributed by atoms with Crippen LogP contribution in [-0.2, 0) is 4.79 Å². The number of hydrogen-bond acceptors (Lipinski definition) is 4. The van der Waals surface area contributed by atoms with Crippen LogP contribution < -0.4 is 0 Å². The quantitative estimate of drug-likeness (QED) is 0.681. The third kappa shape index (κ3) is 1.83. The Kier molecular flexibility index (Phi) is 2.64. The normalized spacial score (nSPS) is 22.0. The van der Waals surface area contributed by atoms with E-state index in [2.05, 4.69) is 4.99 Å². The Bertz CT molecular complexity index is 434. The first-order valence-electron chi connectivity index (χ1n) is 4.40. The van der Waals surface area contributed by atoms with Crippen LogP contribution in [0.3, 0.4) is 0 Å². The zero-order valence-corrected chi connectivity index (χ0v) is 9.25. The molecule has 0 aromatic carbocycles. The fourth-order valence-corrected chi connectivity index (χ4v) is 2.16. The van der Waals surface area contributed by atoms with E-state index in [4.69, 9.17) is 4.42 Å². The number of amides is 1. The minimum atomic E-state index is -0.0444. The van der Waals surface area contributed by atoms with Gasteiger partial charge in [-0.05, 0) is 23.9 Å². The van der Waals surface area contributed by atoms with E-state index in [-0.39, 0.29) is 5.91 Å². The third-order valence-corrected chi connectivity index (χ3v) is 3.16. The molecule has 0 saturated carbocycles. The Hall–Kier alpha value is -1.49. The van der Waals surface area contributed by atoms with Crippen molar-refractivity contribution in [2.24, 2.45) is 4.99 Å². The predicted octanol–water partition coefficient (Wildman–Crippen LogP) is 1.81. The standard InChI is InChI=1S/C10H10N2O2S/c1-11-10-12(2)9(13)8(15-10)6-7-4-3-5-14-7/h3-6H,1-2H3. The van der Waals surface area contributed by atoms with Crippen LogP contribution in [0.1, 0.15) is 5.76 Å². The molecule has 1 aliphatic heterocycles. The second-order valence-corrected chi connectivity index (χ2v) is 4.01. The van der Waals surface area contributed by atoms with Crippen LogP contribution in [-0.4, -0.2) is 30.1 Å². The smallest absolute Gasteiger partial charge is 0.266 e. The highest BCUT2D eigenvalue weighted by Gasteiger charge is 2.29. The second-order valence-electron chi connectivity index (χ2n) is 3.00. The van der Waals surface area contributed by atoms with Gasteiger partial charge in [0.15, 0.2) is 5.17 Å². The van der Waals surface area contributed by atoms with Crippen LogP contribution in [0, 0.1) is 0 Å². The predicted molar refractivity (Wildman–Crippen MR) is 60.4 cm³/mol. The van der Waals surface area contributed by atoms with Crippen LogP contribution in [0.25, 0.3) is 6.08 Å². The molecule has 0 bridgehead atoms. The van der Waals surface area contributed by atoms with E-state index in [1.807, 2.05) is 6.07 Å². The first-order valence-corrected chi connectivity index (χ1v) is 5.22. The third-order valence-electron chi connectivity index (χ3n) is 2.01. The number of nitrogens with zero attached hydrogens (tertiary/aromatic N) is 2. The minimum absolute atomic E-state index is 0.0444. The van der Waals surface area contributed by atoms with Gasteiger partial charge in [0.25, 0.3) is 5.91 Å². The number of amidine groups is 1. The molecule has 0 aliphatic carbocycles. The maximum absolute atomic E-state index is 11.7. The summed E-state index contributed by atoms with van der Waals surface area (Å²) < 4.78 is 5.15. The highest BCUT2D eigenvalue weighted by atomic mass is 32.2. The molecule has 1 fully saturated rings. The number of carbonyl (C=O) groups excluding carboxylic acids is 1. The molecule has 78 valence electrons. The molecule has 2 heterocycles. The summed E-state index contributed by atoms with van der Waals surface area (Å²) in [4.78, 5) is 17.9. The molecule has 2 rings (SSSR count). The fourth-order valence-electron chi connectivity index (χ4n) is 1.25. The molecule has 0 atom stereocenters. The Morgan fingerprint density at radius 2 is 2.40 bits per heavy atom. The summed E-state index contributed by atoms with van der Waals surface area (Å²) in [5, 5.41) is 0.706. The number of rotatable bonds is 1. The maximum Gasteiger partial charge on any atom is 0.266 e. The molecule has 1 aromatic heterocycles. The van der Waals surface area contributed by atoms with E-state index in [0.29, 0.717) is 15.8 Å². The lowest BCUT2D eigenvalue weighted by Crippen LogP contribution is -2.23. The van der Waals surface area contributed by atoms with Crippen molar-refractivity contribution in [3.05, 3.63) is 29.1 Å². The van der Waals surface area contributed by atoms with Crippen molar-refractivity contribution < 1.29 is 9.21 Å². The zero-order chi connectivity index (χ0) is 10.8. The monoisotopic (exact) mass is 222 g/mol. The molecule has 5 heteroatoms. The van der Waals surface area contributed by atoms with Gasteiger partial charge in [-0.1, -0.05) is 0 Å². The van der Waals surface area contributed by atoms with E-state index in [1.54, 1.807) is 32.5 Å². The fraction of sp³-hybridized carbons (Fsp3) is 0.200. The first-order chi connectivity index (χ1) is 7.22. The van der Waals surface area contributed by atoms with Gasteiger partial charge in [-0.2, -0.15) is 0 Å². The molecule has 4 nitrogen and oxygen atoms in total. The van der Waals surface area contributed by atoms with Gasteiger partial charge in [0.05, 0.1) is 11.2 Å². The van der Waals surface area contributed by atoms with E-state index in [0.717, 1.165) is 0 Å². The summed E-state index contributed by atoms with van der Waals surface area (Å²) in [5.41, 5.74) is 0. The molecule has 0 N–H and O–H groups in total. The van der Waals surface area contributed by atoms with Gasteiger partial charge < -0.3 is 4.42 Å². The van der Waals surface area contributed by atoms with Gasteiger partial charge in [0.1, 0.15) is 5.76 Å². The number of carbonyl (C=O) groups is 1. The van der Waals surface area contributed by atoms with E-state index < -0.39 is 0 Å². The molecule has 1 aliphatic rings. The Morgan fingerprint density at radius 3 is 2.93 bits per heavy atom. The second kappa shape index (κ2) is 3.94. The summed E-state index contributed by atoms with van der Waals surface area (Å²) in [7, 11) is 3.38. The summed E-state index contributed by atoms with van der Waals surface area (Å²) >= 11 is 1.35. The lowest BCUT2D eigenvalue weighted by molar-refractivity contribution is -0.121. The Balaban J connectivity index is 2.30. The van der Waals surface area contributed by atoms with Crippen molar-refractivity contribution in [2.45, 2.75) is 0 Å². The molecule has 0 spiro atoms. The highest BCUT2D eigenvalue weighted by Crippen LogP contribution is 2.31. The van der Waals surface area contributed by atoms with Gasteiger partial charge in [-0.25, -0.2) is 0 Å². The zero-order valence-electron chi connectivity index (χ0n) is 8.43. The lowest BCUT2D eigenvalue weighted by atomic mass is 10.4. The highest BCUT2D eigenvalue weighted by molar-refractivity contribution is 8.18. The van der Waals surface area contributed by atoms with Crippen LogP contribution in [0.5, 0.6) is 0 Å². The summed E-state index contributed by atoms with van der Waals surface area (Å²) in [6, 6.07) is 3.59. The molecule has 15 heavy (non-hydrogen) atoms. The maximum atomic E-state index is 11.7. The molecule has 1 saturated heterocycles. The van der Waals surface area contributed by atoms with E-state index >= 15 is 0 Å². The lowest BCUT2D eigenvalue weighted by Gasteiger charge is -2.04. The van der Waals surface area contributed by atoms with Crippen molar-refractivity contribution in [2.75, 3.05) is 14.1 Å². The van der Waals surface area contributed by atoms with Crippen LogP contribution in [0.2, 0.25) is 0 Å². The molecular weight excluding hydrogens is 212 g/mol. The Morgan fingerprint density at radius 1 is 1.60 bits per heavy atom. The number of furan rings is 1. The van der Waals surface area contributed by atoms with Crippen molar-refractivity contribution in [3.8, 4) is 0 Å². The van der Waals surface area contributed by atoms with Crippen LogP contribution >= 0.6 is 11.8 Å². The van der Waals surface area contributed by atoms with Crippen LogP contribution in [0.15, 0.2) is 32.7 Å². The Labute approximate surface area is 91.7 Å². The molecule has 1 amide bonds. The summed E-state index contributed by atoms with van der Waals surface area (Å²) in [6.07, 6.45) is 3.30. The van der Waals surface area contributed by atoms with Crippen molar-refractivity contribution in [1.29, 1.82) is 0 Å². The largest absolute Gasteiger partial charge is 0.465 e. The first kappa shape index (κ1) is 10.0. The van der Waals surface area contributed by atoms with Crippen LogP contribution in [0.4, 0.5) is 0 Å². The summed E-state index contributed by atoms with van der Waals surface area (Å²) in [6.45, 7) is 0. The molecular formula is C10H10N2O2S. The number of thioether (sulfide) groups is 1. The average molecular weight is 222 g/mol. The molecule has 0 unspecified atom stereocenters. The van der Waals surface area contributed by atoms with Gasteiger partial charge >= 0.3 is 0 Å². The van der Waals surface area contributed by atoms with Gasteiger partial charge in [0, 0.05) is 20.2 Å². The number of likely N-dealkylation sites (N-methyl/N-ethyl adjacent to an activating group) is 1.